The van der Waals surface area contributed by atoms with Crippen molar-refractivity contribution >= 4 is 5.52 Å². The van der Waals surface area contributed by atoms with Crippen LogP contribution in [0.3, 0.4) is 0 Å². The van der Waals surface area contributed by atoms with Gasteiger partial charge in [0, 0.05) is 18.7 Å². The molecular formula is C12H15N3O2. The number of methoxy groups -OCH3 is 1. The van der Waals surface area contributed by atoms with Crippen LogP contribution in [0.1, 0.15) is 23.9 Å². The minimum Gasteiger partial charge on any atom is -0.479 e. The van der Waals surface area contributed by atoms with Crippen LogP contribution in [0.2, 0.25) is 0 Å². The van der Waals surface area contributed by atoms with E-state index < -0.39 is 0 Å². The molecule has 0 aromatic carbocycles. The molecule has 3 heterocycles. The molecule has 1 aliphatic rings. The van der Waals surface area contributed by atoms with Gasteiger partial charge in [-0.1, -0.05) is 0 Å². The highest BCUT2D eigenvalue weighted by Gasteiger charge is 2.23. The maximum atomic E-state index is 5.42. The van der Waals surface area contributed by atoms with Crippen LogP contribution >= 0.6 is 0 Å². The van der Waals surface area contributed by atoms with Crippen molar-refractivity contribution < 1.29 is 9.47 Å². The van der Waals surface area contributed by atoms with Gasteiger partial charge in [0.25, 0.3) is 0 Å². The third-order valence-corrected chi connectivity index (χ3v) is 3.13. The van der Waals surface area contributed by atoms with Gasteiger partial charge < -0.3 is 9.47 Å². The largest absolute Gasteiger partial charge is 0.479 e. The molecule has 5 heteroatoms. The monoisotopic (exact) mass is 233 g/mol. The third kappa shape index (κ3) is 1.67. The summed E-state index contributed by atoms with van der Waals surface area (Å²) in [7, 11) is 1.63. The van der Waals surface area contributed by atoms with Gasteiger partial charge >= 0.3 is 0 Å². The second kappa shape index (κ2) is 4.00. The zero-order valence-electron chi connectivity index (χ0n) is 10.0. The Labute approximate surface area is 99.4 Å². The van der Waals surface area contributed by atoms with Gasteiger partial charge in [0.15, 0.2) is 0 Å². The van der Waals surface area contributed by atoms with Gasteiger partial charge in [-0.15, -0.1) is 0 Å². The van der Waals surface area contributed by atoms with Crippen LogP contribution in [0.25, 0.3) is 5.52 Å². The lowest BCUT2D eigenvalue weighted by molar-refractivity contribution is 0.193. The number of aryl methyl sites for hydroxylation is 1. The average Bonchev–Trinajstić information content (AvgIpc) is 2.94. The first-order valence-corrected chi connectivity index (χ1v) is 5.76. The Morgan fingerprint density at radius 3 is 3.12 bits per heavy atom. The Morgan fingerprint density at radius 1 is 1.53 bits per heavy atom. The van der Waals surface area contributed by atoms with Gasteiger partial charge in [-0.05, 0) is 13.3 Å². The van der Waals surface area contributed by atoms with Crippen molar-refractivity contribution in [3.8, 4) is 5.88 Å². The Bertz CT molecular complexity index is 544. The molecule has 1 unspecified atom stereocenters. The van der Waals surface area contributed by atoms with Crippen LogP contribution in [0.15, 0.2) is 12.4 Å². The highest BCUT2D eigenvalue weighted by Crippen LogP contribution is 2.27. The summed E-state index contributed by atoms with van der Waals surface area (Å²) in [5.41, 5.74) is 1.84. The standard InChI is InChI=1S/C12H15N3O2/c1-8-6-15-10(12(14-8)16-2)5-13-11(15)9-3-4-17-7-9/h5-6,9H,3-4,7H2,1-2H3. The zero-order valence-corrected chi connectivity index (χ0v) is 10.0. The van der Waals surface area contributed by atoms with E-state index >= 15 is 0 Å². The Morgan fingerprint density at radius 2 is 2.41 bits per heavy atom. The van der Waals surface area contributed by atoms with Crippen molar-refractivity contribution in [2.75, 3.05) is 20.3 Å². The summed E-state index contributed by atoms with van der Waals surface area (Å²) in [4.78, 5) is 8.84. The molecule has 1 saturated heterocycles. The summed E-state index contributed by atoms with van der Waals surface area (Å²) < 4.78 is 12.8. The summed E-state index contributed by atoms with van der Waals surface area (Å²) in [6.45, 7) is 3.53. The molecule has 3 rings (SSSR count). The topological polar surface area (TPSA) is 48.7 Å². The molecule has 0 N–H and O–H groups in total. The first-order chi connectivity index (χ1) is 8.29. The number of hydrogen-bond donors (Lipinski definition) is 0. The molecule has 1 fully saturated rings. The summed E-state index contributed by atoms with van der Waals surface area (Å²) in [6, 6.07) is 0. The molecule has 0 spiro atoms. The molecule has 0 bridgehead atoms. The maximum absolute atomic E-state index is 5.42. The normalized spacial score (nSPS) is 20.0. The minimum absolute atomic E-state index is 0.379. The second-order valence-corrected chi connectivity index (χ2v) is 4.32. The van der Waals surface area contributed by atoms with Gasteiger partial charge in [0.1, 0.15) is 11.3 Å². The van der Waals surface area contributed by atoms with Crippen molar-refractivity contribution in [3.05, 3.63) is 23.9 Å². The van der Waals surface area contributed by atoms with Crippen molar-refractivity contribution in [2.45, 2.75) is 19.3 Å². The van der Waals surface area contributed by atoms with Crippen LogP contribution in [0.4, 0.5) is 0 Å². The number of nitrogens with zero attached hydrogens (tertiary/aromatic N) is 3. The summed E-state index contributed by atoms with van der Waals surface area (Å²) in [5.74, 6) is 2.05. The first-order valence-electron chi connectivity index (χ1n) is 5.76. The third-order valence-electron chi connectivity index (χ3n) is 3.13. The zero-order chi connectivity index (χ0) is 11.8. The van der Waals surface area contributed by atoms with E-state index in [-0.39, 0.29) is 0 Å². The summed E-state index contributed by atoms with van der Waals surface area (Å²) >= 11 is 0. The van der Waals surface area contributed by atoms with Crippen molar-refractivity contribution in [2.24, 2.45) is 0 Å². The molecule has 0 radical (unpaired) electrons. The number of rotatable bonds is 2. The molecule has 90 valence electrons. The number of aromatic nitrogens is 3. The molecule has 17 heavy (non-hydrogen) atoms. The highest BCUT2D eigenvalue weighted by atomic mass is 16.5. The van der Waals surface area contributed by atoms with E-state index in [9.17, 15) is 0 Å². The fourth-order valence-corrected chi connectivity index (χ4v) is 2.29. The van der Waals surface area contributed by atoms with Crippen molar-refractivity contribution in [3.63, 3.8) is 0 Å². The Kier molecular flexibility index (Phi) is 2.48. The van der Waals surface area contributed by atoms with E-state index in [2.05, 4.69) is 14.4 Å². The molecule has 5 nitrogen and oxygen atoms in total. The Hall–Kier alpha value is -1.62. The van der Waals surface area contributed by atoms with Crippen LogP contribution in [-0.2, 0) is 4.74 Å². The van der Waals surface area contributed by atoms with E-state index in [0.29, 0.717) is 11.8 Å². The van der Waals surface area contributed by atoms with Gasteiger partial charge in [-0.25, -0.2) is 9.97 Å². The lowest BCUT2D eigenvalue weighted by Gasteiger charge is -2.08. The SMILES string of the molecule is COc1nc(C)cn2c(C3CCOC3)ncc12. The molecule has 0 amide bonds. The average molecular weight is 233 g/mol. The molecule has 1 aliphatic heterocycles. The van der Waals surface area contributed by atoms with E-state index in [1.807, 2.05) is 19.3 Å². The first kappa shape index (κ1) is 10.5. The van der Waals surface area contributed by atoms with Crippen molar-refractivity contribution in [1.82, 2.24) is 14.4 Å². The van der Waals surface area contributed by atoms with E-state index in [1.165, 1.54) is 0 Å². The molecular weight excluding hydrogens is 218 g/mol. The quantitative estimate of drug-likeness (QED) is 0.789. The number of fused-ring (bicyclic) bond motifs is 1. The molecule has 0 aliphatic carbocycles. The number of hydrogen-bond acceptors (Lipinski definition) is 4. The lowest BCUT2D eigenvalue weighted by Crippen LogP contribution is -2.05. The van der Waals surface area contributed by atoms with Gasteiger partial charge in [-0.2, -0.15) is 0 Å². The predicted octanol–water partition coefficient (Wildman–Crippen LogP) is 1.55. The minimum atomic E-state index is 0.379. The fourth-order valence-electron chi connectivity index (χ4n) is 2.29. The van der Waals surface area contributed by atoms with Crippen LogP contribution < -0.4 is 4.74 Å². The van der Waals surface area contributed by atoms with Gasteiger partial charge in [0.05, 0.1) is 25.6 Å². The fraction of sp³-hybridized carbons (Fsp3) is 0.500. The molecule has 0 saturated carbocycles. The van der Waals surface area contributed by atoms with Crippen molar-refractivity contribution in [1.29, 1.82) is 0 Å². The Balaban J connectivity index is 2.17. The van der Waals surface area contributed by atoms with Gasteiger partial charge in [0.2, 0.25) is 5.88 Å². The number of imidazole rings is 1. The van der Waals surface area contributed by atoms with E-state index in [4.69, 9.17) is 9.47 Å². The van der Waals surface area contributed by atoms with Crippen LogP contribution in [0, 0.1) is 6.92 Å². The second-order valence-electron chi connectivity index (χ2n) is 4.32. The molecule has 2 aromatic rings. The van der Waals surface area contributed by atoms with E-state index in [0.717, 1.165) is 36.7 Å². The highest BCUT2D eigenvalue weighted by molar-refractivity contribution is 5.56. The van der Waals surface area contributed by atoms with E-state index in [1.54, 1.807) is 7.11 Å². The number of ether oxygens (including phenoxy) is 2. The summed E-state index contributed by atoms with van der Waals surface area (Å²) in [5, 5.41) is 0. The van der Waals surface area contributed by atoms with Crippen LogP contribution in [0.5, 0.6) is 5.88 Å². The maximum Gasteiger partial charge on any atom is 0.239 e. The van der Waals surface area contributed by atoms with Crippen LogP contribution in [-0.4, -0.2) is 34.7 Å². The summed E-state index contributed by atoms with van der Waals surface area (Å²) in [6.07, 6.45) is 4.85. The predicted molar refractivity (Wildman–Crippen MR) is 62.5 cm³/mol. The smallest absolute Gasteiger partial charge is 0.239 e. The lowest BCUT2D eigenvalue weighted by atomic mass is 10.1. The molecule has 2 aromatic heterocycles. The van der Waals surface area contributed by atoms with Gasteiger partial charge in [-0.3, -0.25) is 4.40 Å². The molecule has 1 atom stereocenters.